The standard InChI is InChI=1S/N2P2/c3-1-2-4. The van der Waals surface area contributed by atoms with Crippen LogP contribution in [0.1, 0.15) is 0 Å². The van der Waals surface area contributed by atoms with Crippen molar-refractivity contribution in [1.82, 2.24) is 0 Å². The third-order valence-corrected chi connectivity index (χ3v) is 0.360. The van der Waals surface area contributed by atoms with Gasteiger partial charge in [-0.3, -0.25) is 0 Å². The molecule has 0 aliphatic carbocycles. The SMILES string of the molecule is [P]N=N[P]. The van der Waals surface area contributed by atoms with E-state index >= 15 is 0 Å². The maximum Gasteiger partial charge on any atom is 0.152 e. The minimum atomic E-state index is 2.92. The van der Waals surface area contributed by atoms with Crippen LogP contribution in [0, 0.1) is 0 Å². The van der Waals surface area contributed by atoms with Gasteiger partial charge in [0.2, 0.25) is 0 Å². The van der Waals surface area contributed by atoms with Gasteiger partial charge in [-0.2, -0.15) is 9.77 Å². The fraction of sp³-hybridized carbons (Fsp3) is 0. The average Bonchev–Trinajstić information content (AvgIpc) is 1.37. The zero-order chi connectivity index (χ0) is 3.41. The van der Waals surface area contributed by atoms with Crippen molar-refractivity contribution in [1.29, 1.82) is 0 Å². The van der Waals surface area contributed by atoms with Crippen molar-refractivity contribution < 1.29 is 0 Å². The Labute approximate surface area is 29.6 Å². The van der Waals surface area contributed by atoms with Crippen LogP contribution in [0.25, 0.3) is 0 Å². The van der Waals surface area contributed by atoms with Gasteiger partial charge in [-0.1, -0.05) is 0 Å². The van der Waals surface area contributed by atoms with E-state index in [2.05, 4.69) is 28.6 Å². The van der Waals surface area contributed by atoms with E-state index < -0.39 is 0 Å². The second kappa shape index (κ2) is 3.46. The largest absolute Gasteiger partial charge is 0.152 e. The molecule has 0 saturated carbocycles. The normalized spacial score (nSPS) is 9.50. The van der Waals surface area contributed by atoms with Gasteiger partial charge in [0.15, 0.2) is 18.8 Å². The van der Waals surface area contributed by atoms with Gasteiger partial charge in [-0.05, 0) is 0 Å². The molecular formula is N2P2. The Morgan fingerprint density at radius 3 is 1.25 bits per heavy atom. The molecule has 0 aliphatic rings. The van der Waals surface area contributed by atoms with Crippen molar-refractivity contribution in [3.8, 4) is 0 Å². The molecule has 2 nitrogen and oxygen atoms in total. The molecular weight excluding hydrogens is 90.0 g/mol. The highest BCUT2D eigenvalue weighted by atomic mass is 31.0. The molecule has 0 fully saturated rings. The van der Waals surface area contributed by atoms with Crippen LogP contribution in [0.5, 0.6) is 0 Å². The zero-order valence-electron chi connectivity index (χ0n) is 1.79. The summed E-state index contributed by atoms with van der Waals surface area (Å²) < 4.78 is 0. The van der Waals surface area contributed by atoms with Gasteiger partial charge in [0, 0.05) is 0 Å². The summed E-state index contributed by atoms with van der Waals surface area (Å²) in [5, 5.41) is 0. The van der Waals surface area contributed by atoms with Crippen molar-refractivity contribution in [2.75, 3.05) is 0 Å². The van der Waals surface area contributed by atoms with Gasteiger partial charge in [0.1, 0.15) is 0 Å². The molecule has 0 aromatic carbocycles. The zero-order valence-corrected chi connectivity index (χ0v) is 3.58. The molecule has 4 heteroatoms. The Balaban J connectivity index is 2.55. The third-order valence-electron chi connectivity index (χ3n) is 0.0400. The summed E-state index contributed by atoms with van der Waals surface area (Å²) in [5.74, 6) is 0. The summed E-state index contributed by atoms with van der Waals surface area (Å²) in [7, 11) is 6.60. The van der Waals surface area contributed by atoms with Crippen molar-refractivity contribution in [2.45, 2.75) is 0 Å². The Morgan fingerprint density at radius 2 is 1.25 bits per heavy atom. The van der Waals surface area contributed by atoms with Gasteiger partial charge in [0.05, 0.1) is 0 Å². The highest BCUT2D eigenvalue weighted by molar-refractivity contribution is 7.17. The topological polar surface area (TPSA) is 24.7 Å². The van der Waals surface area contributed by atoms with Crippen LogP contribution in [0.3, 0.4) is 0 Å². The van der Waals surface area contributed by atoms with E-state index in [1.54, 1.807) is 0 Å². The molecule has 0 aromatic heterocycles. The molecule has 0 atom stereocenters. The summed E-state index contributed by atoms with van der Waals surface area (Å²) in [6, 6.07) is 0. The molecule has 0 bridgehead atoms. The Kier molecular flexibility index (Phi) is 3.86. The lowest BCUT2D eigenvalue weighted by Gasteiger charge is -1.47. The molecule has 0 saturated heterocycles. The van der Waals surface area contributed by atoms with E-state index in [1.807, 2.05) is 0 Å². The summed E-state index contributed by atoms with van der Waals surface area (Å²) >= 11 is 0. The Morgan fingerprint density at radius 1 is 1.00 bits per heavy atom. The lowest BCUT2D eigenvalue weighted by atomic mass is 13.2. The average molecular weight is 90.0 g/mol. The van der Waals surface area contributed by atoms with Gasteiger partial charge in [-0.25, -0.2) is 0 Å². The molecule has 0 amide bonds. The first-order chi connectivity index (χ1) is 1.91. The van der Waals surface area contributed by atoms with Crippen LogP contribution in [0.4, 0.5) is 0 Å². The molecule has 0 aliphatic heterocycles. The van der Waals surface area contributed by atoms with Crippen LogP contribution in [0.2, 0.25) is 0 Å². The van der Waals surface area contributed by atoms with Crippen molar-refractivity contribution in [2.24, 2.45) is 9.77 Å². The maximum atomic E-state index is 3.30. The first kappa shape index (κ1) is 4.46. The van der Waals surface area contributed by atoms with E-state index in [0.29, 0.717) is 0 Å². The molecule has 0 spiro atoms. The minimum Gasteiger partial charge on any atom is -0.152 e. The smallest absolute Gasteiger partial charge is 0.152 e. The molecule has 4 heavy (non-hydrogen) atoms. The van der Waals surface area contributed by atoms with Crippen LogP contribution in [0.15, 0.2) is 9.77 Å². The van der Waals surface area contributed by atoms with Gasteiger partial charge in [-0.15, -0.1) is 0 Å². The fourth-order valence-electron chi connectivity index (χ4n) is 0. The number of hydrogen-bond donors (Lipinski definition) is 0. The summed E-state index contributed by atoms with van der Waals surface area (Å²) in [5.41, 5.74) is 0. The number of hydrogen-bond acceptors (Lipinski definition) is 2. The maximum absolute atomic E-state index is 3.30. The van der Waals surface area contributed by atoms with Gasteiger partial charge >= 0.3 is 0 Å². The Hall–Kier alpha value is 0.460. The molecule has 0 heterocycles. The van der Waals surface area contributed by atoms with E-state index in [-0.39, 0.29) is 0 Å². The highest BCUT2D eigenvalue weighted by Crippen LogP contribution is 1.88. The van der Waals surface area contributed by atoms with E-state index in [4.69, 9.17) is 0 Å². The van der Waals surface area contributed by atoms with Crippen LogP contribution < -0.4 is 0 Å². The Bertz CT molecular complexity index is 19.2. The van der Waals surface area contributed by atoms with E-state index in [1.165, 1.54) is 0 Å². The molecule has 0 N–H and O–H groups in total. The van der Waals surface area contributed by atoms with Crippen LogP contribution >= 0.6 is 18.8 Å². The summed E-state index contributed by atoms with van der Waals surface area (Å²) in [6.07, 6.45) is 0. The third kappa shape index (κ3) is 2.46. The molecule has 0 unspecified atom stereocenters. The molecule has 4 radical (unpaired) electrons. The van der Waals surface area contributed by atoms with Crippen molar-refractivity contribution in [3.05, 3.63) is 0 Å². The second-order valence-electron chi connectivity index (χ2n) is 0.179. The van der Waals surface area contributed by atoms with Crippen LogP contribution in [-0.4, -0.2) is 0 Å². The van der Waals surface area contributed by atoms with E-state index in [0.717, 1.165) is 0 Å². The lowest BCUT2D eigenvalue weighted by Crippen LogP contribution is -1.05. The van der Waals surface area contributed by atoms with Gasteiger partial charge < -0.3 is 0 Å². The number of rotatable bonds is 0. The predicted octanol–water partition coefficient (Wildman–Crippen LogP) is 2.09. The van der Waals surface area contributed by atoms with Crippen molar-refractivity contribution >= 4 is 18.8 Å². The molecule has 20 valence electrons. The lowest BCUT2D eigenvalue weighted by molar-refractivity contribution is 1.54. The molecule has 0 aromatic rings. The second-order valence-corrected chi connectivity index (χ2v) is 0.537. The first-order valence-corrected chi connectivity index (χ1v) is 1.40. The minimum absolute atomic E-state index is 2.92. The summed E-state index contributed by atoms with van der Waals surface area (Å²) in [6.45, 7) is 0. The highest BCUT2D eigenvalue weighted by Gasteiger charge is 1.38. The quantitative estimate of drug-likeness (QED) is 0.321. The number of nitrogens with zero attached hydrogens (tertiary/aromatic N) is 2. The predicted molar refractivity (Wildman–Crippen MR) is 18.7 cm³/mol. The van der Waals surface area contributed by atoms with E-state index in [9.17, 15) is 0 Å². The first-order valence-electron chi connectivity index (χ1n) is 0.600. The van der Waals surface area contributed by atoms with Crippen molar-refractivity contribution in [3.63, 3.8) is 0 Å². The fourth-order valence-corrected chi connectivity index (χ4v) is 0. The van der Waals surface area contributed by atoms with Gasteiger partial charge in [0.25, 0.3) is 0 Å². The monoisotopic (exact) mass is 90.0 g/mol. The van der Waals surface area contributed by atoms with Crippen LogP contribution in [-0.2, 0) is 0 Å². The molecule has 0 rings (SSSR count). The summed E-state index contributed by atoms with van der Waals surface area (Å²) in [4.78, 5) is 5.84.